The number of anilines is 1. The minimum absolute atomic E-state index is 0.374. The first-order chi connectivity index (χ1) is 8.65. The molecule has 2 aromatic rings. The highest BCUT2D eigenvalue weighted by molar-refractivity contribution is 9.10. The van der Waals surface area contributed by atoms with Crippen LogP contribution in [0.4, 0.5) is 11.5 Å². The van der Waals surface area contributed by atoms with Crippen LogP contribution in [0.5, 0.6) is 5.88 Å². The molecule has 0 aliphatic carbocycles. The standard InChI is InChI=1S/C13H10BrN3O/c1-16-9-5-3-8(4-6-9)10-7-11(18-2)17-13(15)12(10)14/h3-7H,2H3,(H2,15,17). The van der Waals surface area contributed by atoms with E-state index in [0.29, 0.717) is 17.4 Å². The molecule has 0 saturated heterocycles. The number of nitrogens with zero attached hydrogens (tertiary/aromatic N) is 2. The molecule has 0 unspecified atom stereocenters. The Kier molecular flexibility index (Phi) is 3.49. The summed E-state index contributed by atoms with van der Waals surface area (Å²) in [5.74, 6) is 0.832. The maximum absolute atomic E-state index is 6.92. The Bertz CT molecular complexity index is 617. The van der Waals surface area contributed by atoms with Crippen molar-refractivity contribution in [2.75, 3.05) is 12.8 Å². The third-order valence-electron chi connectivity index (χ3n) is 2.48. The number of rotatable bonds is 2. The number of aromatic nitrogens is 1. The van der Waals surface area contributed by atoms with Crippen LogP contribution in [-0.4, -0.2) is 12.1 Å². The molecule has 0 aliphatic heterocycles. The Morgan fingerprint density at radius 2 is 2.00 bits per heavy atom. The molecule has 4 nitrogen and oxygen atoms in total. The molecule has 18 heavy (non-hydrogen) atoms. The summed E-state index contributed by atoms with van der Waals surface area (Å²) in [5, 5.41) is 0. The number of nitrogens with two attached hydrogens (primary N) is 1. The highest BCUT2D eigenvalue weighted by atomic mass is 79.9. The molecule has 90 valence electrons. The average Bonchev–Trinajstić information content (AvgIpc) is 2.42. The van der Waals surface area contributed by atoms with E-state index in [1.54, 1.807) is 25.3 Å². The molecule has 2 rings (SSSR count). The third-order valence-corrected chi connectivity index (χ3v) is 3.31. The molecule has 0 atom stereocenters. The Morgan fingerprint density at radius 3 is 2.56 bits per heavy atom. The number of hydrogen-bond donors (Lipinski definition) is 1. The van der Waals surface area contributed by atoms with Gasteiger partial charge in [0.05, 0.1) is 18.2 Å². The molecule has 1 aromatic carbocycles. The van der Waals surface area contributed by atoms with Gasteiger partial charge in [-0.25, -0.2) is 4.85 Å². The van der Waals surface area contributed by atoms with Gasteiger partial charge in [-0.2, -0.15) is 4.98 Å². The highest BCUT2D eigenvalue weighted by Gasteiger charge is 2.10. The van der Waals surface area contributed by atoms with Crippen LogP contribution in [0.3, 0.4) is 0 Å². The van der Waals surface area contributed by atoms with Gasteiger partial charge in [-0.3, -0.25) is 0 Å². The van der Waals surface area contributed by atoms with Crippen LogP contribution in [0, 0.1) is 6.57 Å². The zero-order valence-corrected chi connectivity index (χ0v) is 11.2. The second-order valence-corrected chi connectivity index (χ2v) is 4.36. The summed E-state index contributed by atoms with van der Waals surface area (Å²) >= 11 is 3.41. The van der Waals surface area contributed by atoms with Gasteiger partial charge in [-0.15, -0.1) is 0 Å². The van der Waals surface area contributed by atoms with E-state index in [0.717, 1.165) is 15.6 Å². The van der Waals surface area contributed by atoms with Crippen molar-refractivity contribution >= 4 is 27.4 Å². The first kappa shape index (κ1) is 12.4. The lowest BCUT2D eigenvalue weighted by Gasteiger charge is -2.09. The molecule has 0 radical (unpaired) electrons. The number of halogens is 1. The predicted molar refractivity (Wildman–Crippen MR) is 74.6 cm³/mol. The number of benzene rings is 1. The molecular weight excluding hydrogens is 294 g/mol. The van der Waals surface area contributed by atoms with Gasteiger partial charge in [-0.1, -0.05) is 24.3 Å². The average molecular weight is 304 g/mol. The van der Waals surface area contributed by atoms with Gasteiger partial charge in [0.1, 0.15) is 5.82 Å². The van der Waals surface area contributed by atoms with Crippen molar-refractivity contribution in [3.05, 3.63) is 46.2 Å². The first-order valence-corrected chi connectivity index (χ1v) is 5.93. The Labute approximate surface area is 113 Å². The van der Waals surface area contributed by atoms with E-state index in [2.05, 4.69) is 25.8 Å². The summed E-state index contributed by atoms with van der Waals surface area (Å²) in [4.78, 5) is 7.43. The summed E-state index contributed by atoms with van der Waals surface area (Å²) in [5.41, 5.74) is 8.24. The molecule has 0 fully saturated rings. The van der Waals surface area contributed by atoms with Crippen LogP contribution in [0.2, 0.25) is 0 Å². The fraction of sp³-hybridized carbons (Fsp3) is 0.0769. The summed E-state index contributed by atoms with van der Waals surface area (Å²) < 4.78 is 5.82. The van der Waals surface area contributed by atoms with Crippen molar-refractivity contribution in [3.8, 4) is 17.0 Å². The quantitative estimate of drug-likeness (QED) is 0.862. The van der Waals surface area contributed by atoms with E-state index in [1.165, 1.54) is 0 Å². The van der Waals surface area contributed by atoms with Crippen LogP contribution in [-0.2, 0) is 0 Å². The normalized spacial score (nSPS) is 9.83. The van der Waals surface area contributed by atoms with Crippen molar-refractivity contribution in [1.29, 1.82) is 0 Å². The van der Waals surface area contributed by atoms with Crippen molar-refractivity contribution in [3.63, 3.8) is 0 Å². The number of hydrogen-bond acceptors (Lipinski definition) is 3. The summed E-state index contributed by atoms with van der Waals surface area (Å²) in [6.07, 6.45) is 0. The lowest BCUT2D eigenvalue weighted by atomic mass is 10.1. The van der Waals surface area contributed by atoms with E-state index in [9.17, 15) is 0 Å². The molecule has 5 heteroatoms. The van der Waals surface area contributed by atoms with Crippen molar-refractivity contribution in [1.82, 2.24) is 4.98 Å². The van der Waals surface area contributed by atoms with Crippen molar-refractivity contribution < 1.29 is 4.74 Å². The van der Waals surface area contributed by atoms with Gasteiger partial charge in [0.2, 0.25) is 5.88 Å². The summed E-state index contributed by atoms with van der Waals surface area (Å²) in [6.45, 7) is 6.92. The molecule has 1 heterocycles. The Hall–Kier alpha value is -2.06. The van der Waals surface area contributed by atoms with E-state index >= 15 is 0 Å². The lowest BCUT2D eigenvalue weighted by Crippen LogP contribution is -1.97. The second-order valence-electron chi connectivity index (χ2n) is 3.57. The van der Waals surface area contributed by atoms with Gasteiger partial charge in [0.25, 0.3) is 0 Å². The van der Waals surface area contributed by atoms with Gasteiger partial charge in [0.15, 0.2) is 5.69 Å². The molecule has 0 spiro atoms. The molecule has 1 aromatic heterocycles. The predicted octanol–water partition coefficient (Wildman–Crippen LogP) is 3.65. The van der Waals surface area contributed by atoms with Crippen LogP contribution < -0.4 is 10.5 Å². The largest absolute Gasteiger partial charge is 0.481 e. The SMILES string of the molecule is [C-]#[N+]c1ccc(-c2cc(OC)nc(N)c2Br)cc1. The maximum Gasteiger partial charge on any atom is 0.215 e. The molecule has 2 N–H and O–H groups in total. The van der Waals surface area contributed by atoms with Crippen LogP contribution in [0.1, 0.15) is 0 Å². The Balaban J connectivity index is 2.55. The van der Waals surface area contributed by atoms with Gasteiger partial charge >= 0.3 is 0 Å². The summed E-state index contributed by atoms with van der Waals surface area (Å²) in [7, 11) is 1.54. The minimum Gasteiger partial charge on any atom is -0.481 e. The van der Waals surface area contributed by atoms with E-state index in [1.807, 2.05) is 12.1 Å². The highest BCUT2D eigenvalue weighted by Crippen LogP contribution is 2.35. The van der Waals surface area contributed by atoms with Crippen molar-refractivity contribution in [2.24, 2.45) is 0 Å². The topological polar surface area (TPSA) is 52.5 Å². The smallest absolute Gasteiger partial charge is 0.215 e. The lowest BCUT2D eigenvalue weighted by molar-refractivity contribution is 0.398. The Morgan fingerprint density at radius 1 is 1.33 bits per heavy atom. The molecule has 0 amide bonds. The van der Waals surface area contributed by atoms with E-state index < -0.39 is 0 Å². The number of pyridine rings is 1. The first-order valence-electron chi connectivity index (χ1n) is 5.13. The monoisotopic (exact) mass is 303 g/mol. The van der Waals surface area contributed by atoms with E-state index in [-0.39, 0.29) is 0 Å². The molecular formula is C13H10BrN3O. The van der Waals surface area contributed by atoms with Gasteiger partial charge in [-0.05, 0) is 21.5 Å². The molecule has 0 aliphatic rings. The van der Waals surface area contributed by atoms with Crippen LogP contribution in [0.25, 0.3) is 16.0 Å². The fourth-order valence-corrected chi connectivity index (χ4v) is 1.99. The van der Waals surface area contributed by atoms with Crippen molar-refractivity contribution in [2.45, 2.75) is 0 Å². The van der Waals surface area contributed by atoms with Crippen LogP contribution >= 0.6 is 15.9 Å². The maximum atomic E-state index is 6.92. The molecule has 0 saturated carbocycles. The van der Waals surface area contributed by atoms with Gasteiger partial charge in [0, 0.05) is 11.6 Å². The third kappa shape index (κ3) is 2.29. The number of methoxy groups -OCH3 is 1. The summed E-state index contributed by atoms with van der Waals surface area (Å²) in [6, 6.07) is 9.06. The number of ether oxygens (including phenoxy) is 1. The van der Waals surface area contributed by atoms with Crippen LogP contribution in [0.15, 0.2) is 34.8 Å². The zero-order chi connectivity index (χ0) is 13.1. The minimum atomic E-state index is 0.374. The molecule has 0 bridgehead atoms. The second kappa shape index (κ2) is 5.07. The fourth-order valence-electron chi connectivity index (χ4n) is 1.56. The van der Waals surface area contributed by atoms with Gasteiger partial charge < -0.3 is 10.5 Å². The van der Waals surface area contributed by atoms with E-state index in [4.69, 9.17) is 17.0 Å². The number of nitrogen functional groups attached to an aromatic ring is 1. The zero-order valence-electron chi connectivity index (χ0n) is 9.64.